The number of nitrogens with one attached hydrogen (secondary N) is 1. The maximum atomic E-state index is 13.2. The molecule has 3 aromatic rings. The van der Waals surface area contributed by atoms with E-state index < -0.39 is 0 Å². The molecule has 1 saturated heterocycles. The lowest BCUT2D eigenvalue weighted by Crippen LogP contribution is -2.46. The van der Waals surface area contributed by atoms with Crippen LogP contribution in [0.25, 0.3) is 0 Å². The summed E-state index contributed by atoms with van der Waals surface area (Å²) in [5.74, 6) is 0.727. The molecule has 0 saturated carbocycles. The monoisotopic (exact) mass is 471 g/mol. The smallest absolute Gasteiger partial charge is 0.234 e. The van der Waals surface area contributed by atoms with Crippen molar-refractivity contribution >= 4 is 46.5 Å². The molecule has 1 aromatic heterocycles. The number of hydrogen-bond acceptors (Lipinski definition) is 6. The van der Waals surface area contributed by atoms with E-state index in [0.717, 1.165) is 48.3 Å². The fourth-order valence-electron chi connectivity index (χ4n) is 3.43. The molecule has 0 spiro atoms. The Labute approximate surface area is 195 Å². The van der Waals surface area contributed by atoms with Crippen LogP contribution < -0.4 is 15.1 Å². The third-order valence-corrected chi connectivity index (χ3v) is 6.56. The SMILES string of the molecule is Cc1ccc(NC(=O)CSc2cc(N3CCN(c4ccc(F)cc4)CC3)ncn2)cc1Cl. The standard InChI is InChI=1S/C23H23ClFN5OS/c1-16-2-5-18(12-20(16)24)28-22(31)14-32-23-13-21(26-15-27-23)30-10-8-29(9-11-30)19-6-3-17(25)4-7-19/h2-7,12-13,15H,8-11,14H2,1H3,(H,28,31). The summed E-state index contributed by atoms with van der Waals surface area (Å²) < 4.78 is 13.2. The van der Waals surface area contributed by atoms with E-state index in [9.17, 15) is 9.18 Å². The molecular formula is C23H23ClFN5OS. The van der Waals surface area contributed by atoms with Crippen LogP contribution in [0.3, 0.4) is 0 Å². The number of benzene rings is 2. The van der Waals surface area contributed by atoms with Gasteiger partial charge in [-0.1, -0.05) is 29.4 Å². The highest BCUT2D eigenvalue weighted by atomic mass is 35.5. The number of thioether (sulfide) groups is 1. The number of carbonyl (C=O) groups is 1. The first-order chi connectivity index (χ1) is 15.5. The van der Waals surface area contributed by atoms with Gasteiger partial charge in [-0.15, -0.1) is 0 Å². The van der Waals surface area contributed by atoms with E-state index in [1.165, 1.54) is 30.2 Å². The van der Waals surface area contributed by atoms with Gasteiger partial charge in [0.25, 0.3) is 0 Å². The largest absolute Gasteiger partial charge is 0.368 e. The van der Waals surface area contributed by atoms with Gasteiger partial charge in [0.2, 0.25) is 5.91 Å². The molecule has 0 atom stereocenters. The number of halogens is 2. The summed E-state index contributed by atoms with van der Waals surface area (Å²) in [6.45, 7) is 5.15. The minimum absolute atomic E-state index is 0.122. The molecule has 4 rings (SSSR count). The number of aryl methyl sites for hydroxylation is 1. The van der Waals surface area contributed by atoms with Gasteiger partial charge in [0.15, 0.2) is 0 Å². The van der Waals surface area contributed by atoms with Gasteiger partial charge in [-0.05, 0) is 48.9 Å². The first-order valence-electron chi connectivity index (χ1n) is 10.2. The van der Waals surface area contributed by atoms with E-state index in [1.807, 2.05) is 25.1 Å². The molecule has 0 aliphatic carbocycles. The van der Waals surface area contributed by atoms with Gasteiger partial charge in [0.1, 0.15) is 23.0 Å². The van der Waals surface area contributed by atoms with Crippen molar-refractivity contribution in [3.05, 3.63) is 71.3 Å². The minimum Gasteiger partial charge on any atom is -0.368 e. The fraction of sp³-hybridized carbons (Fsp3) is 0.261. The second kappa shape index (κ2) is 10.2. The van der Waals surface area contributed by atoms with Crippen LogP contribution in [-0.4, -0.2) is 47.8 Å². The molecule has 1 aliphatic rings. The van der Waals surface area contributed by atoms with Crippen LogP contribution in [0.15, 0.2) is 59.9 Å². The van der Waals surface area contributed by atoms with Gasteiger partial charge in [-0.25, -0.2) is 14.4 Å². The molecule has 166 valence electrons. The molecular weight excluding hydrogens is 449 g/mol. The molecule has 0 bridgehead atoms. The van der Waals surface area contributed by atoms with E-state index in [4.69, 9.17) is 11.6 Å². The minimum atomic E-state index is -0.227. The van der Waals surface area contributed by atoms with Crippen molar-refractivity contribution in [3.8, 4) is 0 Å². The highest BCUT2D eigenvalue weighted by molar-refractivity contribution is 7.99. The van der Waals surface area contributed by atoms with Crippen LogP contribution in [0, 0.1) is 12.7 Å². The summed E-state index contributed by atoms with van der Waals surface area (Å²) in [7, 11) is 0. The van der Waals surface area contributed by atoms with Gasteiger partial charge < -0.3 is 15.1 Å². The van der Waals surface area contributed by atoms with Gasteiger partial charge >= 0.3 is 0 Å². The zero-order chi connectivity index (χ0) is 22.5. The molecule has 6 nitrogen and oxygen atoms in total. The zero-order valence-electron chi connectivity index (χ0n) is 17.6. The number of carbonyl (C=O) groups excluding carboxylic acids is 1. The lowest BCUT2D eigenvalue weighted by atomic mass is 10.2. The van der Waals surface area contributed by atoms with Crippen molar-refractivity contribution in [2.24, 2.45) is 0 Å². The summed E-state index contributed by atoms with van der Waals surface area (Å²) in [5.41, 5.74) is 2.66. The van der Waals surface area contributed by atoms with Gasteiger partial charge in [-0.3, -0.25) is 4.79 Å². The predicted molar refractivity (Wildman–Crippen MR) is 128 cm³/mol. The van der Waals surface area contributed by atoms with Crippen molar-refractivity contribution < 1.29 is 9.18 Å². The van der Waals surface area contributed by atoms with Crippen LogP contribution in [-0.2, 0) is 4.79 Å². The fourth-order valence-corrected chi connectivity index (χ4v) is 4.28. The first kappa shape index (κ1) is 22.4. The van der Waals surface area contributed by atoms with Crippen molar-refractivity contribution in [3.63, 3.8) is 0 Å². The molecule has 2 heterocycles. The first-order valence-corrected chi connectivity index (χ1v) is 11.6. The number of rotatable bonds is 6. The Morgan fingerprint density at radius 1 is 1.06 bits per heavy atom. The van der Waals surface area contributed by atoms with Crippen LogP contribution in [0.4, 0.5) is 21.6 Å². The Kier molecular flexibility index (Phi) is 7.12. The number of amides is 1. The van der Waals surface area contributed by atoms with Crippen LogP contribution in [0.1, 0.15) is 5.56 Å². The molecule has 1 amide bonds. The van der Waals surface area contributed by atoms with Crippen LogP contribution >= 0.6 is 23.4 Å². The van der Waals surface area contributed by atoms with E-state index >= 15 is 0 Å². The zero-order valence-corrected chi connectivity index (χ0v) is 19.2. The summed E-state index contributed by atoms with van der Waals surface area (Å²) in [4.78, 5) is 25.4. The van der Waals surface area contributed by atoms with Crippen LogP contribution in [0.2, 0.25) is 5.02 Å². The molecule has 1 aliphatic heterocycles. The Bertz CT molecular complexity index is 1090. The topological polar surface area (TPSA) is 61.4 Å². The number of piperazine rings is 1. The quantitative estimate of drug-likeness (QED) is 0.417. The highest BCUT2D eigenvalue weighted by Crippen LogP contribution is 2.24. The molecule has 32 heavy (non-hydrogen) atoms. The average molecular weight is 472 g/mol. The van der Waals surface area contributed by atoms with E-state index in [0.29, 0.717) is 10.7 Å². The van der Waals surface area contributed by atoms with E-state index in [1.54, 1.807) is 18.2 Å². The molecule has 2 aromatic carbocycles. The summed E-state index contributed by atoms with van der Waals surface area (Å²) in [6, 6.07) is 13.9. The van der Waals surface area contributed by atoms with Crippen molar-refractivity contribution in [1.82, 2.24) is 9.97 Å². The van der Waals surface area contributed by atoms with Gasteiger partial charge in [0.05, 0.1) is 5.75 Å². The van der Waals surface area contributed by atoms with Gasteiger partial charge in [0, 0.05) is 48.6 Å². The second-order valence-electron chi connectivity index (χ2n) is 7.47. The number of nitrogens with zero attached hydrogens (tertiary/aromatic N) is 4. The second-order valence-corrected chi connectivity index (χ2v) is 8.87. The number of anilines is 3. The maximum absolute atomic E-state index is 13.2. The maximum Gasteiger partial charge on any atom is 0.234 e. The van der Waals surface area contributed by atoms with Crippen molar-refractivity contribution in [2.45, 2.75) is 11.9 Å². The third kappa shape index (κ3) is 5.69. The molecule has 1 N–H and O–H groups in total. The van der Waals surface area contributed by atoms with Crippen molar-refractivity contribution in [1.29, 1.82) is 0 Å². The van der Waals surface area contributed by atoms with E-state index in [-0.39, 0.29) is 17.5 Å². The Morgan fingerprint density at radius 3 is 2.50 bits per heavy atom. The summed E-state index contributed by atoms with van der Waals surface area (Å²) in [6.07, 6.45) is 1.53. The summed E-state index contributed by atoms with van der Waals surface area (Å²) >= 11 is 7.48. The molecule has 1 fully saturated rings. The summed E-state index contributed by atoms with van der Waals surface area (Å²) in [5, 5.41) is 4.22. The average Bonchev–Trinajstić information content (AvgIpc) is 2.81. The highest BCUT2D eigenvalue weighted by Gasteiger charge is 2.19. The lowest BCUT2D eigenvalue weighted by Gasteiger charge is -2.36. The van der Waals surface area contributed by atoms with Crippen LogP contribution in [0.5, 0.6) is 0 Å². The lowest BCUT2D eigenvalue weighted by molar-refractivity contribution is -0.113. The molecule has 9 heteroatoms. The molecule has 0 radical (unpaired) electrons. The van der Waals surface area contributed by atoms with Gasteiger partial charge in [-0.2, -0.15) is 0 Å². The Morgan fingerprint density at radius 2 is 1.78 bits per heavy atom. The van der Waals surface area contributed by atoms with E-state index in [2.05, 4.69) is 25.1 Å². The normalized spacial score (nSPS) is 13.8. The Balaban J connectivity index is 1.30. The number of hydrogen-bond donors (Lipinski definition) is 1. The number of aromatic nitrogens is 2. The Hall–Kier alpha value is -2.84. The van der Waals surface area contributed by atoms with Crippen molar-refractivity contribution in [2.75, 3.05) is 47.0 Å². The third-order valence-electron chi connectivity index (χ3n) is 5.23. The molecule has 0 unspecified atom stereocenters. The predicted octanol–water partition coefficient (Wildman–Crippen LogP) is 4.63.